The molecule has 4 rings (SSSR count). The number of β-amino-alcohol motifs (C(OH)–C–C–N with tert-alkyl or cyclic N) is 1. The van der Waals surface area contributed by atoms with Crippen molar-refractivity contribution in [3.8, 4) is 11.1 Å². The number of benzene rings is 2. The molecule has 3 N–H and O–H groups in total. The number of amides is 3. The monoisotopic (exact) mass is 515 g/mol. The van der Waals surface area contributed by atoms with Crippen LogP contribution in [0.1, 0.15) is 6.42 Å². The van der Waals surface area contributed by atoms with Crippen molar-refractivity contribution in [3.63, 3.8) is 0 Å². The minimum atomic E-state index is -3.47. The number of aliphatic hydroxyl groups excluding tert-OH is 1. The first-order valence-electron chi connectivity index (χ1n) is 10.6. The molecule has 182 valence electrons. The van der Waals surface area contributed by atoms with Gasteiger partial charge in [-0.05, 0) is 30.3 Å². The van der Waals surface area contributed by atoms with Crippen molar-refractivity contribution >= 4 is 45.0 Å². The second-order valence-corrected chi connectivity index (χ2v) is 10.5. The lowest BCUT2D eigenvalue weighted by atomic mass is 10.1. The molecule has 2 aromatic carbocycles. The number of carbonyl (C=O) groups is 2. The van der Waals surface area contributed by atoms with Gasteiger partial charge in [0.2, 0.25) is 11.9 Å². The number of hydrogen-bond acceptors (Lipinski definition) is 7. The number of anilines is 2. The fraction of sp³-hybridized carbons (Fsp3) is 0.217. The Morgan fingerprint density at radius 3 is 2.37 bits per heavy atom. The molecule has 35 heavy (non-hydrogen) atoms. The predicted molar refractivity (Wildman–Crippen MR) is 131 cm³/mol. The summed E-state index contributed by atoms with van der Waals surface area (Å²) >= 11 is 5.86. The van der Waals surface area contributed by atoms with Gasteiger partial charge >= 0.3 is 6.03 Å². The normalized spacial score (nSPS) is 17.7. The van der Waals surface area contributed by atoms with E-state index < -0.39 is 33.9 Å². The van der Waals surface area contributed by atoms with Crippen LogP contribution in [0.3, 0.4) is 0 Å². The van der Waals surface area contributed by atoms with E-state index in [0.29, 0.717) is 21.8 Å². The first kappa shape index (κ1) is 24.6. The largest absolute Gasteiger partial charge is 0.391 e. The first-order valence-corrected chi connectivity index (χ1v) is 12.8. The summed E-state index contributed by atoms with van der Waals surface area (Å²) < 4.78 is 24.1. The first-order chi connectivity index (χ1) is 16.6. The lowest BCUT2D eigenvalue weighted by Gasteiger charge is -2.23. The van der Waals surface area contributed by atoms with E-state index in [-0.39, 0.29) is 23.8 Å². The van der Waals surface area contributed by atoms with Crippen LogP contribution in [0.5, 0.6) is 0 Å². The van der Waals surface area contributed by atoms with Gasteiger partial charge in [-0.1, -0.05) is 29.8 Å². The second-order valence-electron chi connectivity index (χ2n) is 8.05. The molecule has 12 heteroatoms. The third kappa shape index (κ3) is 5.76. The van der Waals surface area contributed by atoms with Gasteiger partial charge < -0.3 is 15.3 Å². The quantitative estimate of drug-likeness (QED) is 0.474. The molecule has 0 saturated carbocycles. The third-order valence-electron chi connectivity index (χ3n) is 5.42. The number of rotatable bonds is 5. The van der Waals surface area contributed by atoms with Crippen LogP contribution in [-0.4, -0.2) is 65.3 Å². The fourth-order valence-corrected chi connectivity index (χ4v) is 4.81. The van der Waals surface area contributed by atoms with E-state index in [9.17, 15) is 23.1 Å². The molecular weight excluding hydrogens is 494 g/mol. The van der Waals surface area contributed by atoms with Gasteiger partial charge in [0.1, 0.15) is 6.04 Å². The zero-order chi connectivity index (χ0) is 25.2. The summed E-state index contributed by atoms with van der Waals surface area (Å²) in [6, 6.07) is 11.5. The molecule has 1 fully saturated rings. The van der Waals surface area contributed by atoms with Crippen molar-refractivity contribution in [2.45, 2.75) is 23.5 Å². The average Bonchev–Trinajstić information content (AvgIpc) is 3.22. The van der Waals surface area contributed by atoms with Gasteiger partial charge in [0.05, 0.1) is 11.0 Å². The molecule has 3 aromatic rings. The van der Waals surface area contributed by atoms with Gasteiger partial charge in [-0.15, -0.1) is 0 Å². The van der Waals surface area contributed by atoms with Gasteiger partial charge in [-0.3, -0.25) is 10.1 Å². The lowest BCUT2D eigenvalue weighted by molar-refractivity contribution is -0.119. The smallest absolute Gasteiger partial charge is 0.322 e. The number of sulfone groups is 1. The number of urea groups is 1. The number of halogens is 1. The zero-order valence-corrected chi connectivity index (χ0v) is 20.1. The Hall–Kier alpha value is -3.54. The van der Waals surface area contributed by atoms with Gasteiger partial charge in [-0.2, -0.15) is 0 Å². The van der Waals surface area contributed by atoms with E-state index in [4.69, 9.17) is 11.6 Å². The molecule has 0 aliphatic carbocycles. The number of aromatic nitrogens is 2. The summed E-state index contributed by atoms with van der Waals surface area (Å²) in [5.41, 5.74) is 1.40. The van der Waals surface area contributed by atoms with Crippen LogP contribution < -0.4 is 10.6 Å². The van der Waals surface area contributed by atoms with E-state index in [0.717, 1.165) is 6.26 Å². The van der Waals surface area contributed by atoms with E-state index in [1.165, 1.54) is 23.4 Å². The van der Waals surface area contributed by atoms with Crippen LogP contribution in [0.15, 0.2) is 65.8 Å². The topological polar surface area (TPSA) is 142 Å². The molecule has 10 nitrogen and oxygen atoms in total. The van der Waals surface area contributed by atoms with Crippen molar-refractivity contribution in [3.05, 3.63) is 65.9 Å². The predicted octanol–water partition coefficient (Wildman–Crippen LogP) is 2.81. The maximum absolute atomic E-state index is 12.9. The summed E-state index contributed by atoms with van der Waals surface area (Å²) in [7, 11) is -3.47. The molecule has 0 bridgehead atoms. The van der Waals surface area contributed by atoms with Crippen molar-refractivity contribution < 1.29 is 23.1 Å². The summed E-state index contributed by atoms with van der Waals surface area (Å²) in [4.78, 5) is 35.3. The Balaban J connectivity index is 1.47. The van der Waals surface area contributed by atoms with Crippen LogP contribution in [0.25, 0.3) is 11.1 Å². The average molecular weight is 516 g/mol. The minimum absolute atomic E-state index is 0.0143. The molecular formula is C23H22ClN5O5S. The number of nitrogens with zero attached hydrogens (tertiary/aromatic N) is 3. The Kier molecular flexibility index (Phi) is 7.01. The zero-order valence-electron chi connectivity index (χ0n) is 18.6. The highest BCUT2D eigenvalue weighted by molar-refractivity contribution is 7.90. The Labute approximate surface area is 206 Å². The van der Waals surface area contributed by atoms with E-state index >= 15 is 0 Å². The van der Waals surface area contributed by atoms with Crippen LogP contribution in [0.4, 0.5) is 16.4 Å². The SMILES string of the molecule is CS(=O)(=O)c1ccccc1-c1cnc(NC(=O)C2CC(O)CN2C(=O)Nc2ccc(Cl)cc2)nc1. The molecule has 2 unspecified atom stereocenters. The van der Waals surface area contributed by atoms with Gasteiger partial charge in [0, 0.05) is 53.5 Å². The standard InChI is InChI=1S/C23H22ClN5O5S/c1-35(33,34)20-5-3-2-4-18(20)14-11-25-22(26-12-14)28-21(31)19-10-17(30)13-29(19)23(32)27-16-8-6-15(24)7-9-16/h2-9,11-12,17,19,30H,10,13H2,1H3,(H,27,32)(H,25,26,28,31). The Morgan fingerprint density at radius 2 is 1.71 bits per heavy atom. The van der Waals surface area contributed by atoms with E-state index in [1.807, 2.05) is 0 Å². The fourth-order valence-electron chi connectivity index (χ4n) is 3.77. The molecule has 0 radical (unpaired) electrons. The van der Waals surface area contributed by atoms with Crippen LogP contribution >= 0.6 is 11.6 Å². The Morgan fingerprint density at radius 1 is 1.06 bits per heavy atom. The van der Waals surface area contributed by atoms with Crippen LogP contribution in [0, 0.1) is 0 Å². The maximum atomic E-state index is 12.9. The molecule has 2 heterocycles. The minimum Gasteiger partial charge on any atom is -0.391 e. The highest BCUT2D eigenvalue weighted by atomic mass is 35.5. The van der Waals surface area contributed by atoms with E-state index in [2.05, 4.69) is 20.6 Å². The number of likely N-dealkylation sites (tertiary alicyclic amines) is 1. The van der Waals surface area contributed by atoms with Crippen molar-refractivity contribution in [1.29, 1.82) is 0 Å². The summed E-state index contributed by atoms with van der Waals surface area (Å²) in [6.07, 6.45) is 3.12. The number of carbonyl (C=O) groups excluding carboxylic acids is 2. The van der Waals surface area contributed by atoms with Gasteiger partial charge in [0.15, 0.2) is 9.84 Å². The van der Waals surface area contributed by atoms with Crippen molar-refractivity contribution in [1.82, 2.24) is 14.9 Å². The molecule has 3 amide bonds. The van der Waals surface area contributed by atoms with Crippen molar-refractivity contribution in [2.75, 3.05) is 23.4 Å². The third-order valence-corrected chi connectivity index (χ3v) is 6.83. The maximum Gasteiger partial charge on any atom is 0.322 e. The second kappa shape index (κ2) is 9.98. The number of hydrogen-bond donors (Lipinski definition) is 3. The summed E-state index contributed by atoms with van der Waals surface area (Å²) in [5, 5.41) is 15.8. The van der Waals surface area contributed by atoms with Crippen LogP contribution in [0.2, 0.25) is 5.02 Å². The molecule has 1 aliphatic heterocycles. The van der Waals surface area contributed by atoms with Gasteiger partial charge in [0.25, 0.3) is 0 Å². The number of aliphatic hydroxyl groups is 1. The number of nitrogens with one attached hydrogen (secondary N) is 2. The molecule has 0 spiro atoms. The molecule has 2 atom stereocenters. The van der Waals surface area contributed by atoms with Crippen LogP contribution in [-0.2, 0) is 14.6 Å². The highest BCUT2D eigenvalue weighted by Crippen LogP contribution is 2.27. The van der Waals surface area contributed by atoms with E-state index in [1.54, 1.807) is 42.5 Å². The molecule has 1 aliphatic rings. The van der Waals surface area contributed by atoms with Gasteiger partial charge in [-0.25, -0.2) is 23.2 Å². The highest BCUT2D eigenvalue weighted by Gasteiger charge is 2.39. The molecule has 1 saturated heterocycles. The summed E-state index contributed by atoms with van der Waals surface area (Å²) in [5.74, 6) is -0.577. The van der Waals surface area contributed by atoms with Crippen molar-refractivity contribution in [2.24, 2.45) is 0 Å². The summed E-state index contributed by atoms with van der Waals surface area (Å²) in [6.45, 7) is -0.0143. The molecule has 1 aromatic heterocycles. The lowest BCUT2D eigenvalue weighted by Crippen LogP contribution is -2.45. The Bertz CT molecular complexity index is 1350.